The van der Waals surface area contributed by atoms with Gasteiger partial charge in [0.2, 0.25) is 5.76 Å². The lowest BCUT2D eigenvalue weighted by Crippen LogP contribution is -2.18. The van der Waals surface area contributed by atoms with Crippen molar-refractivity contribution in [1.29, 1.82) is 0 Å². The molecule has 3 aromatic rings. The molecule has 0 radical (unpaired) electrons. The van der Waals surface area contributed by atoms with Crippen LogP contribution in [0.15, 0.2) is 34.7 Å². The largest absolute Gasteiger partial charge is 0.573 e. The highest BCUT2D eigenvalue weighted by molar-refractivity contribution is 6.08. The van der Waals surface area contributed by atoms with Gasteiger partial charge in [-0.2, -0.15) is 4.68 Å². The zero-order valence-corrected chi connectivity index (χ0v) is 17.4. The fourth-order valence-corrected chi connectivity index (χ4v) is 2.67. The van der Waals surface area contributed by atoms with E-state index >= 15 is 0 Å². The molecule has 0 aliphatic heterocycles. The van der Waals surface area contributed by atoms with Crippen LogP contribution in [0.5, 0.6) is 5.75 Å². The van der Waals surface area contributed by atoms with Gasteiger partial charge in [-0.1, -0.05) is 6.92 Å². The lowest BCUT2D eigenvalue weighted by atomic mass is 10.2. The molecule has 1 N–H and O–H groups in total. The van der Waals surface area contributed by atoms with Gasteiger partial charge in [-0.05, 0) is 37.6 Å². The molecule has 0 fully saturated rings. The van der Waals surface area contributed by atoms with Gasteiger partial charge in [-0.3, -0.25) is 4.79 Å². The molecule has 3 rings (SSSR count). The van der Waals surface area contributed by atoms with Crippen molar-refractivity contribution in [3.63, 3.8) is 0 Å². The molecule has 0 saturated carbocycles. The number of esters is 1. The summed E-state index contributed by atoms with van der Waals surface area (Å²) in [6.07, 6.45) is -5.17. The number of rotatable bonds is 7. The Morgan fingerprint density at radius 3 is 2.42 bits per heavy atom. The molecule has 0 aliphatic carbocycles. The van der Waals surface area contributed by atoms with Crippen LogP contribution in [0.1, 0.15) is 41.2 Å². The average molecular weight is 469 g/mol. The van der Waals surface area contributed by atoms with Gasteiger partial charge in [0.1, 0.15) is 11.3 Å². The molecule has 1 amide bonds. The second kappa shape index (κ2) is 9.63. The van der Waals surface area contributed by atoms with Crippen LogP contribution in [-0.2, 0) is 9.47 Å². The summed E-state index contributed by atoms with van der Waals surface area (Å²) >= 11 is 0. The predicted octanol–water partition coefficient (Wildman–Crippen LogP) is 4.35. The first-order valence-corrected chi connectivity index (χ1v) is 9.67. The molecular weight excluding hydrogens is 451 g/mol. The van der Waals surface area contributed by atoms with Crippen LogP contribution in [0.3, 0.4) is 0 Å². The topological polar surface area (TPSA) is 122 Å². The number of carbonyl (C=O) groups is 3. The maximum Gasteiger partial charge on any atom is 0.573 e. The van der Waals surface area contributed by atoms with Gasteiger partial charge < -0.3 is 23.9 Å². The van der Waals surface area contributed by atoms with E-state index in [0.29, 0.717) is 6.42 Å². The van der Waals surface area contributed by atoms with E-state index in [1.54, 1.807) is 13.8 Å². The Hall–Kier alpha value is -4.03. The zero-order valence-electron chi connectivity index (χ0n) is 17.4. The third-order valence-corrected chi connectivity index (χ3v) is 4.02. The molecule has 2 aromatic heterocycles. The first-order valence-electron chi connectivity index (χ1n) is 9.67. The Bertz CT molecular complexity index is 1170. The Kier molecular flexibility index (Phi) is 6.89. The molecule has 0 spiro atoms. The minimum Gasteiger partial charge on any atom is -0.460 e. The molecule has 33 heavy (non-hydrogen) atoms. The number of nitrogens with one attached hydrogen (secondary N) is 1. The van der Waals surface area contributed by atoms with Crippen LogP contribution < -0.4 is 10.1 Å². The minimum atomic E-state index is -4.87. The van der Waals surface area contributed by atoms with Crippen LogP contribution in [0, 0.1) is 0 Å². The monoisotopic (exact) mass is 469 g/mol. The molecule has 0 saturated heterocycles. The summed E-state index contributed by atoms with van der Waals surface area (Å²) in [5.74, 6) is -2.49. The molecule has 0 atom stereocenters. The summed E-state index contributed by atoms with van der Waals surface area (Å²) in [5, 5.41) is 6.35. The highest BCUT2D eigenvalue weighted by atomic mass is 19.4. The van der Waals surface area contributed by atoms with E-state index < -0.39 is 30.1 Å². The maximum absolute atomic E-state index is 12.6. The van der Waals surface area contributed by atoms with Crippen LogP contribution in [-0.4, -0.2) is 47.3 Å². The van der Waals surface area contributed by atoms with Crippen LogP contribution >= 0.6 is 0 Å². The third kappa shape index (κ3) is 5.61. The summed E-state index contributed by atoms with van der Waals surface area (Å²) < 4.78 is 56.8. The normalized spacial score (nSPS) is 11.3. The number of hydrogen-bond acceptors (Lipinski definition) is 8. The minimum absolute atomic E-state index is 0.0301. The zero-order chi connectivity index (χ0) is 24.2. The van der Waals surface area contributed by atoms with Crippen molar-refractivity contribution >= 4 is 34.9 Å². The number of anilines is 1. The van der Waals surface area contributed by atoms with Gasteiger partial charge in [0.15, 0.2) is 11.4 Å². The number of nitrogens with zero attached hydrogens (tertiary/aromatic N) is 2. The lowest BCUT2D eigenvalue weighted by molar-refractivity contribution is -0.274. The maximum atomic E-state index is 12.6. The fraction of sp³-hybridized carbons (Fsp3) is 0.300. The van der Waals surface area contributed by atoms with E-state index in [9.17, 15) is 27.6 Å². The highest BCUT2D eigenvalue weighted by Crippen LogP contribution is 2.28. The molecule has 0 unspecified atom stereocenters. The first-order chi connectivity index (χ1) is 15.6. The van der Waals surface area contributed by atoms with E-state index in [4.69, 9.17) is 13.9 Å². The quantitative estimate of drug-likeness (QED) is 0.507. The van der Waals surface area contributed by atoms with Gasteiger partial charge in [-0.25, -0.2) is 9.59 Å². The van der Waals surface area contributed by atoms with Crippen LogP contribution in [0.4, 0.5) is 23.8 Å². The molecule has 1 aromatic carbocycles. The second-order valence-corrected chi connectivity index (χ2v) is 6.45. The number of aromatic nitrogens is 2. The Balaban J connectivity index is 1.89. The Morgan fingerprint density at radius 1 is 1.12 bits per heavy atom. The number of furan rings is 1. The number of alkyl halides is 3. The Morgan fingerprint density at radius 2 is 1.82 bits per heavy atom. The number of ether oxygens (including phenoxy) is 3. The smallest absolute Gasteiger partial charge is 0.460 e. The summed E-state index contributed by atoms with van der Waals surface area (Å²) in [5.41, 5.74) is -0.0875. The lowest BCUT2D eigenvalue weighted by Gasteiger charge is -2.09. The molecule has 13 heteroatoms. The summed E-state index contributed by atoms with van der Waals surface area (Å²) in [6, 6.07) is 5.35. The number of amides is 1. The van der Waals surface area contributed by atoms with E-state index in [1.165, 1.54) is 6.07 Å². The number of fused-ring (bicyclic) bond motifs is 1. The molecular formula is C20H18F3N3O7. The molecule has 0 bridgehead atoms. The van der Waals surface area contributed by atoms with Gasteiger partial charge in [0.25, 0.3) is 5.91 Å². The van der Waals surface area contributed by atoms with Gasteiger partial charge in [0.05, 0.1) is 13.2 Å². The average Bonchev–Trinajstić information content (AvgIpc) is 3.32. The standard InChI is InChI=1S/C20H18F3N3O7/c1-3-9-31-18(28)14-10-13-15(32-14)16(25-26(13)19(29)30-4-2)24-17(27)11-5-7-12(8-6-11)33-20(21,22)23/h5-8,10H,3-4,9H2,1-2H3,(H,24,25,27). The van der Waals surface area contributed by atoms with E-state index in [1.807, 2.05) is 0 Å². The van der Waals surface area contributed by atoms with Gasteiger partial charge >= 0.3 is 18.4 Å². The van der Waals surface area contributed by atoms with Crippen molar-refractivity contribution in [1.82, 2.24) is 9.78 Å². The third-order valence-electron chi connectivity index (χ3n) is 4.02. The summed E-state index contributed by atoms with van der Waals surface area (Å²) in [6.45, 7) is 3.57. The number of halogens is 3. The van der Waals surface area contributed by atoms with Crippen molar-refractivity contribution < 1.29 is 46.2 Å². The molecule has 176 valence electrons. The van der Waals surface area contributed by atoms with Crippen molar-refractivity contribution in [2.45, 2.75) is 26.6 Å². The molecule has 0 aliphatic rings. The second-order valence-electron chi connectivity index (χ2n) is 6.45. The molecule has 2 heterocycles. The van der Waals surface area contributed by atoms with Crippen LogP contribution in [0.2, 0.25) is 0 Å². The number of hydrogen-bond donors (Lipinski definition) is 1. The van der Waals surface area contributed by atoms with E-state index in [-0.39, 0.29) is 41.5 Å². The first kappa shape index (κ1) is 23.6. The van der Waals surface area contributed by atoms with Crippen LogP contribution in [0.25, 0.3) is 11.1 Å². The van der Waals surface area contributed by atoms with Crippen molar-refractivity contribution in [3.05, 3.63) is 41.7 Å². The van der Waals surface area contributed by atoms with Crippen molar-refractivity contribution in [3.8, 4) is 5.75 Å². The Labute approximate surface area is 184 Å². The van der Waals surface area contributed by atoms with Crippen molar-refractivity contribution in [2.75, 3.05) is 18.5 Å². The SMILES string of the molecule is CCCOC(=O)c1cc2c(o1)c(NC(=O)c1ccc(OC(F)(F)F)cc1)nn2C(=O)OCC. The van der Waals surface area contributed by atoms with E-state index in [2.05, 4.69) is 15.2 Å². The highest BCUT2D eigenvalue weighted by Gasteiger charge is 2.31. The van der Waals surface area contributed by atoms with Gasteiger partial charge in [0, 0.05) is 11.6 Å². The number of benzene rings is 1. The van der Waals surface area contributed by atoms with E-state index in [0.717, 1.165) is 28.9 Å². The molecule has 10 nitrogen and oxygen atoms in total. The number of carbonyl (C=O) groups excluding carboxylic acids is 3. The van der Waals surface area contributed by atoms with Crippen molar-refractivity contribution in [2.24, 2.45) is 0 Å². The predicted molar refractivity (Wildman–Crippen MR) is 106 cm³/mol. The summed E-state index contributed by atoms with van der Waals surface area (Å²) in [4.78, 5) is 36.9. The summed E-state index contributed by atoms with van der Waals surface area (Å²) in [7, 11) is 0. The fourth-order valence-electron chi connectivity index (χ4n) is 2.67. The van der Waals surface area contributed by atoms with Gasteiger partial charge in [-0.15, -0.1) is 18.3 Å².